The van der Waals surface area contributed by atoms with Crippen molar-refractivity contribution in [1.82, 2.24) is 4.98 Å². The first-order valence-corrected chi connectivity index (χ1v) is 8.76. The van der Waals surface area contributed by atoms with Crippen LogP contribution in [0.3, 0.4) is 0 Å². The number of hydrogen-bond donors (Lipinski definition) is 2. The lowest BCUT2D eigenvalue weighted by Crippen LogP contribution is -2.14. The van der Waals surface area contributed by atoms with Gasteiger partial charge >= 0.3 is 0 Å². The third kappa shape index (κ3) is 4.52. The third-order valence-corrected chi connectivity index (χ3v) is 4.41. The summed E-state index contributed by atoms with van der Waals surface area (Å²) < 4.78 is 13.8. The van der Waals surface area contributed by atoms with Crippen molar-refractivity contribution in [2.24, 2.45) is 0 Å². The molecule has 3 rings (SSSR count). The van der Waals surface area contributed by atoms with Crippen LogP contribution < -0.4 is 10.6 Å². The molecule has 1 heterocycles. The Morgan fingerprint density at radius 3 is 2.35 bits per heavy atom. The van der Waals surface area contributed by atoms with Gasteiger partial charge in [-0.1, -0.05) is 12.1 Å². The van der Waals surface area contributed by atoms with Crippen LogP contribution in [0.15, 0.2) is 53.9 Å². The largest absolute Gasteiger partial charge is 0.326 e. The number of hydrogen-bond acceptors (Lipinski definition) is 4. The number of benzene rings is 2. The Morgan fingerprint density at radius 1 is 1.04 bits per heavy atom. The van der Waals surface area contributed by atoms with Gasteiger partial charge < -0.3 is 10.6 Å². The molecule has 3 aromatic rings. The van der Waals surface area contributed by atoms with E-state index < -0.39 is 0 Å². The second kappa shape index (κ2) is 7.88. The predicted molar refractivity (Wildman–Crippen MR) is 101 cm³/mol. The lowest BCUT2D eigenvalue weighted by molar-refractivity contribution is -0.116. The maximum absolute atomic E-state index is 13.8. The monoisotopic (exact) mass is 369 g/mol. The van der Waals surface area contributed by atoms with Crippen LogP contribution in [-0.4, -0.2) is 16.8 Å². The van der Waals surface area contributed by atoms with Crippen LogP contribution in [0, 0.1) is 5.82 Å². The van der Waals surface area contributed by atoms with E-state index in [4.69, 9.17) is 0 Å². The molecule has 0 saturated heterocycles. The third-order valence-electron chi connectivity index (χ3n) is 3.49. The van der Waals surface area contributed by atoms with Gasteiger partial charge in [0.1, 0.15) is 10.8 Å². The van der Waals surface area contributed by atoms with Gasteiger partial charge in [0.05, 0.1) is 12.1 Å². The van der Waals surface area contributed by atoms with Gasteiger partial charge in [0.15, 0.2) is 0 Å². The van der Waals surface area contributed by atoms with Crippen LogP contribution in [0.5, 0.6) is 0 Å². The minimum atomic E-state index is -0.336. The molecule has 0 radical (unpaired) electrons. The fourth-order valence-electron chi connectivity index (χ4n) is 2.36. The maximum Gasteiger partial charge on any atom is 0.230 e. The summed E-state index contributed by atoms with van der Waals surface area (Å²) in [6, 6.07) is 13.2. The summed E-state index contributed by atoms with van der Waals surface area (Å²) in [7, 11) is 0. The van der Waals surface area contributed by atoms with E-state index in [-0.39, 0.29) is 24.1 Å². The van der Waals surface area contributed by atoms with Gasteiger partial charge in [-0.25, -0.2) is 9.37 Å². The Morgan fingerprint density at radius 2 is 1.69 bits per heavy atom. The molecule has 0 aliphatic rings. The highest BCUT2D eigenvalue weighted by molar-refractivity contribution is 7.13. The molecule has 0 aliphatic carbocycles. The minimum absolute atomic E-state index is 0.0956. The Labute approximate surface area is 153 Å². The van der Waals surface area contributed by atoms with Gasteiger partial charge in [0.2, 0.25) is 11.8 Å². The number of halogens is 1. The van der Waals surface area contributed by atoms with Crippen molar-refractivity contribution in [3.8, 4) is 10.6 Å². The molecule has 0 fully saturated rings. The summed E-state index contributed by atoms with van der Waals surface area (Å²) in [6.45, 7) is 1.43. The second-order valence-electron chi connectivity index (χ2n) is 5.61. The number of nitrogens with one attached hydrogen (secondary N) is 2. The Balaban J connectivity index is 1.62. The minimum Gasteiger partial charge on any atom is -0.326 e. The zero-order valence-corrected chi connectivity index (χ0v) is 14.8. The average molecular weight is 369 g/mol. The van der Waals surface area contributed by atoms with Crippen LogP contribution in [-0.2, 0) is 16.0 Å². The number of rotatable bonds is 5. The standard InChI is InChI=1S/C19H16FN3O2S/c1-12(24)21-13-6-8-14(9-7-13)22-18(25)10-15-11-26-19(23-15)16-4-2-3-5-17(16)20/h2-9,11H,10H2,1H3,(H,21,24)(H,22,25). The highest BCUT2D eigenvalue weighted by Gasteiger charge is 2.12. The van der Waals surface area contributed by atoms with E-state index in [2.05, 4.69) is 15.6 Å². The number of carbonyl (C=O) groups is 2. The summed E-state index contributed by atoms with van der Waals surface area (Å²) in [5.41, 5.74) is 2.29. The topological polar surface area (TPSA) is 71.1 Å². The summed E-state index contributed by atoms with van der Waals surface area (Å²) in [4.78, 5) is 27.5. The molecule has 7 heteroatoms. The zero-order valence-electron chi connectivity index (χ0n) is 14.0. The van der Waals surface area contributed by atoms with E-state index in [9.17, 15) is 14.0 Å². The van der Waals surface area contributed by atoms with Gasteiger partial charge in [0, 0.05) is 29.2 Å². The fraction of sp³-hybridized carbons (Fsp3) is 0.105. The van der Waals surface area contributed by atoms with Gasteiger partial charge in [-0.2, -0.15) is 0 Å². The van der Waals surface area contributed by atoms with Crippen molar-refractivity contribution >= 4 is 34.5 Å². The Kier molecular flexibility index (Phi) is 5.38. The molecule has 2 aromatic carbocycles. The van der Waals surface area contributed by atoms with Crippen LogP contribution in [0.4, 0.5) is 15.8 Å². The van der Waals surface area contributed by atoms with Crippen molar-refractivity contribution in [3.05, 3.63) is 65.4 Å². The van der Waals surface area contributed by atoms with Crippen molar-refractivity contribution in [2.75, 3.05) is 10.6 Å². The molecule has 0 atom stereocenters. The van der Waals surface area contributed by atoms with E-state index in [1.54, 1.807) is 47.8 Å². The molecule has 0 aliphatic heterocycles. The Bertz CT molecular complexity index is 938. The van der Waals surface area contributed by atoms with Crippen LogP contribution in [0.25, 0.3) is 10.6 Å². The van der Waals surface area contributed by atoms with E-state index in [1.807, 2.05) is 0 Å². The summed E-state index contributed by atoms with van der Waals surface area (Å²) in [5.74, 6) is -0.712. The van der Waals surface area contributed by atoms with E-state index in [0.717, 1.165) is 0 Å². The fourth-order valence-corrected chi connectivity index (χ4v) is 3.20. The number of aromatic nitrogens is 1. The first-order valence-electron chi connectivity index (χ1n) is 7.88. The lowest BCUT2D eigenvalue weighted by atomic mass is 10.2. The maximum atomic E-state index is 13.8. The number of amides is 2. The summed E-state index contributed by atoms with van der Waals surface area (Å²) in [5, 5.41) is 7.73. The SMILES string of the molecule is CC(=O)Nc1ccc(NC(=O)Cc2csc(-c3ccccc3F)n2)cc1. The number of carbonyl (C=O) groups excluding carboxylic acids is 2. The quantitative estimate of drug-likeness (QED) is 0.712. The van der Waals surface area contributed by atoms with Gasteiger partial charge in [0.25, 0.3) is 0 Å². The molecule has 26 heavy (non-hydrogen) atoms. The molecule has 0 saturated carbocycles. The van der Waals surface area contributed by atoms with Crippen molar-refractivity contribution in [1.29, 1.82) is 0 Å². The first kappa shape index (κ1) is 17.8. The Hall–Kier alpha value is -3.06. The van der Waals surface area contributed by atoms with Crippen LogP contribution >= 0.6 is 11.3 Å². The predicted octanol–water partition coefficient (Wildman–Crippen LogP) is 4.09. The van der Waals surface area contributed by atoms with Gasteiger partial charge in [-0.05, 0) is 36.4 Å². The number of thiazole rings is 1. The molecule has 0 bridgehead atoms. The lowest BCUT2D eigenvalue weighted by Gasteiger charge is -2.06. The highest BCUT2D eigenvalue weighted by Crippen LogP contribution is 2.26. The number of nitrogens with zero attached hydrogens (tertiary/aromatic N) is 1. The summed E-state index contributed by atoms with van der Waals surface area (Å²) in [6.07, 6.45) is 0.0956. The molecule has 1 aromatic heterocycles. The van der Waals surface area contributed by atoms with Gasteiger partial charge in [-0.15, -0.1) is 11.3 Å². The van der Waals surface area contributed by atoms with Crippen molar-refractivity contribution < 1.29 is 14.0 Å². The van der Waals surface area contributed by atoms with E-state index >= 15 is 0 Å². The smallest absolute Gasteiger partial charge is 0.230 e. The van der Waals surface area contributed by atoms with Crippen molar-refractivity contribution in [2.45, 2.75) is 13.3 Å². The average Bonchev–Trinajstić information content (AvgIpc) is 3.04. The molecule has 132 valence electrons. The summed E-state index contributed by atoms with van der Waals surface area (Å²) >= 11 is 1.30. The molecular formula is C19H16FN3O2S. The number of anilines is 2. The van der Waals surface area contributed by atoms with Crippen molar-refractivity contribution in [3.63, 3.8) is 0 Å². The molecule has 0 spiro atoms. The second-order valence-corrected chi connectivity index (χ2v) is 6.47. The van der Waals surface area contributed by atoms with E-state index in [0.29, 0.717) is 27.6 Å². The molecule has 0 unspecified atom stereocenters. The molecule has 2 N–H and O–H groups in total. The molecular weight excluding hydrogens is 353 g/mol. The molecule has 5 nitrogen and oxygen atoms in total. The molecule has 2 amide bonds. The van der Waals surface area contributed by atoms with Crippen LogP contribution in [0.2, 0.25) is 0 Å². The van der Waals surface area contributed by atoms with E-state index in [1.165, 1.54) is 24.3 Å². The van der Waals surface area contributed by atoms with Crippen LogP contribution in [0.1, 0.15) is 12.6 Å². The van der Waals surface area contributed by atoms with Gasteiger partial charge in [-0.3, -0.25) is 9.59 Å². The zero-order chi connectivity index (χ0) is 18.5. The highest BCUT2D eigenvalue weighted by atomic mass is 32.1. The normalized spacial score (nSPS) is 10.4. The first-order chi connectivity index (χ1) is 12.5.